The monoisotopic (exact) mass is 275 g/mol. The molecule has 0 atom stereocenters. The molecule has 0 saturated carbocycles. The van der Waals surface area contributed by atoms with E-state index in [1.54, 1.807) is 6.92 Å². The van der Waals surface area contributed by atoms with Crippen LogP contribution in [0.3, 0.4) is 0 Å². The molecule has 0 unspecified atom stereocenters. The van der Waals surface area contributed by atoms with Crippen molar-refractivity contribution >= 4 is 11.9 Å². The molecule has 0 aliphatic carbocycles. The summed E-state index contributed by atoms with van der Waals surface area (Å²) in [4.78, 5) is 21.8. The second-order valence-electron chi connectivity index (χ2n) is 5.09. The number of unbranched alkanes of at least 4 members (excludes halogenated alkanes) is 4. The summed E-state index contributed by atoms with van der Waals surface area (Å²) in [6.45, 7) is 0.978. The highest BCUT2D eigenvalue weighted by Gasteiger charge is 2.23. The lowest BCUT2D eigenvalue weighted by atomic mass is 10.0. The Morgan fingerprint density at radius 3 is 1.89 bits per heavy atom. The maximum atomic E-state index is 11.5. The van der Waals surface area contributed by atoms with Gasteiger partial charge in [0.25, 0.3) is 0 Å². The molecule has 0 aromatic carbocycles. The molecule has 1 amide bonds. The van der Waals surface area contributed by atoms with Crippen molar-refractivity contribution in [2.24, 2.45) is 0 Å². The van der Waals surface area contributed by atoms with Crippen LogP contribution < -0.4 is 5.32 Å². The first-order valence-electron chi connectivity index (χ1n) is 6.68. The Morgan fingerprint density at radius 2 is 1.42 bits per heavy atom. The molecule has 0 fully saturated rings. The number of carbonyl (C=O) groups is 2. The van der Waals surface area contributed by atoms with Gasteiger partial charge < -0.3 is 20.6 Å². The van der Waals surface area contributed by atoms with Crippen LogP contribution in [0.5, 0.6) is 0 Å². The van der Waals surface area contributed by atoms with Crippen LogP contribution in [0, 0.1) is 0 Å². The third-order valence-corrected chi connectivity index (χ3v) is 2.93. The number of hydrogen-bond donors (Lipinski definition) is 4. The van der Waals surface area contributed by atoms with E-state index in [-0.39, 0.29) is 25.5 Å². The zero-order valence-corrected chi connectivity index (χ0v) is 11.5. The number of amides is 1. The molecule has 19 heavy (non-hydrogen) atoms. The van der Waals surface area contributed by atoms with Gasteiger partial charge in [0.1, 0.15) is 0 Å². The van der Waals surface area contributed by atoms with Gasteiger partial charge in [0.05, 0.1) is 18.8 Å². The Morgan fingerprint density at radius 1 is 0.947 bits per heavy atom. The molecule has 0 spiro atoms. The number of rotatable bonds is 11. The minimum atomic E-state index is -0.960. The Balaban J connectivity index is 3.56. The largest absolute Gasteiger partial charge is 0.481 e. The van der Waals surface area contributed by atoms with Gasteiger partial charge in [-0.05, 0) is 19.8 Å². The Hall–Kier alpha value is -1.14. The van der Waals surface area contributed by atoms with Gasteiger partial charge in [0, 0.05) is 12.8 Å². The predicted molar refractivity (Wildman–Crippen MR) is 70.7 cm³/mol. The van der Waals surface area contributed by atoms with Crippen LogP contribution in [-0.2, 0) is 9.59 Å². The molecule has 0 bridgehead atoms. The van der Waals surface area contributed by atoms with Gasteiger partial charge in [0.2, 0.25) is 5.91 Å². The van der Waals surface area contributed by atoms with E-state index in [1.807, 2.05) is 0 Å². The van der Waals surface area contributed by atoms with E-state index in [0.717, 1.165) is 25.7 Å². The van der Waals surface area contributed by atoms with Gasteiger partial charge in [-0.2, -0.15) is 0 Å². The van der Waals surface area contributed by atoms with E-state index in [0.29, 0.717) is 12.8 Å². The first-order valence-corrected chi connectivity index (χ1v) is 6.68. The summed E-state index contributed by atoms with van der Waals surface area (Å²) in [5.74, 6) is -0.956. The molecule has 0 aliphatic heterocycles. The first-order chi connectivity index (χ1) is 8.93. The SMILES string of the molecule is CC(CO)(CO)NC(=O)CCCCCCCC(=O)O. The summed E-state index contributed by atoms with van der Waals surface area (Å²) in [6.07, 6.45) is 4.61. The first kappa shape index (κ1) is 17.9. The number of carboxylic acid groups (broad SMARTS) is 1. The summed E-state index contributed by atoms with van der Waals surface area (Å²) in [6, 6.07) is 0. The van der Waals surface area contributed by atoms with E-state index in [9.17, 15) is 9.59 Å². The second-order valence-corrected chi connectivity index (χ2v) is 5.09. The molecule has 6 nitrogen and oxygen atoms in total. The lowest BCUT2D eigenvalue weighted by molar-refractivity contribution is -0.137. The molecule has 0 heterocycles. The fourth-order valence-corrected chi connectivity index (χ4v) is 1.62. The number of carbonyl (C=O) groups excluding carboxylic acids is 1. The number of carboxylic acids is 1. The third kappa shape index (κ3) is 9.44. The van der Waals surface area contributed by atoms with Gasteiger partial charge >= 0.3 is 5.97 Å². The Bertz CT molecular complexity index is 276. The molecule has 6 heteroatoms. The van der Waals surface area contributed by atoms with Crippen LogP contribution >= 0.6 is 0 Å². The van der Waals surface area contributed by atoms with Crippen molar-refractivity contribution in [3.8, 4) is 0 Å². The zero-order chi connectivity index (χ0) is 14.7. The minimum Gasteiger partial charge on any atom is -0.481 e. The van der Waals surface area contributed by atoms with E-state index in [2.05, 4.69) is 5.32 Å². The molecule has 4 N–H and O–H groups in total. The number of nitrogens with one attached hydrogen (secondary N) is 1. The average Bonchev–Trinajstić information content (AvgIpc) is 2.37. The summed E-state index contributed by atoms with van der Waals surface area (Å²) in [5, 5.41) is 29.1. The lowest BCUT2D eigenvalue weighted by Gasteiger charge is -2.26. The normalized spacial score (nSPS) is 11.3. The fourth-order valence-electron chi connectivity index (χ4n) is 1.62. The van der Waals surface area contributed by atoms with Crippen molar-refractivity contribution in [2.45, 2.75) is 57.4 Å². The predicted octanol–water partition coefficient (Wildman–Crippen LogP) is 0.661. The van der Waals surface area contributed by atoms with Gasteiger partial charge in [0.15, 0.2) is 0 Å². The number of hydrogen-bond acceptors (Lipinski definition) is 4. The highest BCUT2D eigenvalue weighted by Crippen LogP contribution is 2.08. The highest BCUT2D eigenvalue weighted by molar-refractivity contribution is 5.76. The van der Waals surface area contributed by atoms with Gasteiger partial charge in [-0.1, -0.05) is 19.3 Å². The number of aliphatic hydroxyl groups excluding tert-OH is 2. The van der Waals surface area contributed by atoms with Crippen molar-refractivity contribution < 1.29 is 24.9 Å². The fraction of sp³-hybridized carbons (Fsp3) is 0.846. The smallest absolute Gasteiger partial charge is 0.303 e. The van der Waals surface area contributed by atoms with Crippen molar-refractivity contribution in [2.75, 3.05) is 13.2 Å². The molecule has 0 rings (SSSR count). The lowest BCUT2D eigenvalue weighted by Crippen LogP contribution is -2.51. The standard InChI is InChI=1S/C13H25NO5/c1-13(9-15,10-16)14-11(17)7-5-3-2-4-6-8-12(18)19/h15-16H,2-10H2,1H3,(H,14,17)(H,18,19). The molecule has 0 aromatic heterocycles. The molecule has 0 aromatic rings. The maximum absolute atomic E-state index is 11.5. The maximum Gasteiger partial charge on any atom is 0.303 e. The second kappa shape index (κ2) is 9.75. The highest BCUT2D eigenvalue weighted by atomic mass is 16.4. The molecule has 112 valence electrons. The van der Waals surface area contributed by atoms with Crippen LogP contribution in [0.2, 0.25) is 0 Å². The van der Waals surface area contributed by atoms with Crippen LogP contribution in [0.1, 0.15) is 51.9 Å². The van der Waals surface area contributed by atoms with Crippen LogP contribution in [0.15, 0.2) is 0 Å². The third-order valence-electron chi connectivity index (χ3n) is 2.93. The van der Waals surface area contributed by atoms with Crippen LogP contribution in [0.25, 0.3) is 0 Å². The van der Waals surface area contributed by atoms with Gasteiger partial charge in [-0.15, -0.1) is 0 Å². The quantitative estimate of drug-likeness (QED) is 0.414. The Kier molecular flexibility index (Phi) is 9.16. The molecular formula is C13H25NO5. The summed E-state index contributed by atoms with van der Waals surface area (Å²) >= 11 is 0. The summed E-state index contributed by atoms with van der Waals surface area (Å²) in [5.41, 5.74) is -0.960. The van der Waals surface area contributed by atoms with E-state index < -0.39 is 11.5 Å². The van der Waals surface area contributed by atoms with E-state index in [1.165, 1.54) is 0 Å². The molecule has 0 saturated heterocycles. The van der Waals surface area contributed by atoms with Crippen molar-refractivity contribution in [1.29, 1.82) is 0 Å². The summed E-state index contributed by atoms with van der Waals surface area (Å²) < 4.78 is 0. The number of aliphatic carboxylic acids is 1. The number of aliphatic hydroxyl groups is 2. The minimum absolute atomic E-state index is 0.184. The molecular weight excluding hydrogens is 250 g/mol. The van der Waals surface area contributed by atoms with Crippen LogP contribution in [0.4, 0.5) is 0 Å². The molecule has 0 aliphatic rings. The van der Waals surface area contributed by atoms with Gasteiger partial charge in [-0.25, -0.2) is 0 Å². The van der Waals surface area contributed by atoms with E-state index >= 15 is 0 Å². The van der Waals surface area contributed by atoms with Crippen molar-refractivity contribution in [1.82, 2.24) is 5.32 Å². The molecule has 0 radical (unpaired) electrons. The zero-order valence-electron chi connectivity index (χ0n) is 11.5. The Labute approximate surface area is 113 Å². The van der Waals surface area contributed by atoms with Crippen molar-refractivity contribution in [3.05, 3.63) is 0 Å². The summed E-state index contributed by atoms with van der Waals surface area (Å²) in [7, 11) is 0. The topological polar surface area (TPSA) is 107 Å². The average molecular weight is 275 g/mol. The van der Waals surface area contributed by atoms with Gasteiger partial charge in [-0.3, -0.25) is 9.59 Å². The van der Waals surface area contributed by atoms with Crippen molar-refractivity contribution in [3.63, 3.8) is 0 Å². The van der Waals surface area contributed by atoms with Crippen LogP contribution in [-0.4, -0.2) is 45.9 Å². The van der Waals surface area contributed by atoms with E-state index in [4.69, 9.17) is 15.3 Å².